The normalized spacial score (nSPS) is 16.5. The minimum atomic E-state index is -3.89. The molecule has 0 aliphatic carbocycles. The van der Waals surface area contributed by atoms with E-state index in [4.69, 9.17) is 4.74 Å². The van der Waals surface area contributed by atoms with E-state index in [-0.39, 0.29) is 22.4 Å². The Kier molecular flexibility index (Phi) is 6.86. The molecule has 2 aromatic rings. The number of aryl methyl sites for hydroxylation is 1. The fourth-order valence-corrected chi connectivity index (χ4v) is 5.76. The van der Waals surface area contributed by atoms with Gasteiger partial charge < -0.3 is 4.74 Å². The first-order chi connectivity index (χ1) is 14.1. The Bertz CT molecular complexity index is 1110. The van der Waals surface area contributed by atoms with Crippen LogP contribution in [0.1, 0.15) is 30.0 Å². The van der Waals surface area contributed by atoms with Crippen molar-refractivity contribution in [1.82, 2.24) is 9.62 Å². The molecule has 7 nitrogen and oxygen atoms in total. The molecule has 0 saturated carbocycles. The van der Waals surface area contributed by atoms with Gasteiger partial charge in [0.25, 0.3) is 0 Å². The van der Waals surface area contributed by atoms with Crippen LogP contribution in [0.3, 0.4) is 0 Å². The molecule has 3 rings (SSSR count). The van der Waals surface area contributed by atoms with Crippen LogP contribution in [-0.4, -0.2) is 54.7 Å². The lowest BCUT2D eigenvalue weighted by Gasteiger charge is -2.28. The van der Waals surface area contributed by atoms with E-state index in [1.54, 1.807) is 14.0 Å². The lowest BCUT2D eigenvalue weighted by atomic mass is 10.1. The molecule has 1 aliphatic heterocycles. The fraction of sp³-hybridized carbons (Fsp3) is 0.429. The molecule has 0 amide bonds. The fourth-order valence-electron chi connectivity index (χ4n) is 3.73. The van der Waals surface area contributed by atoms with Gasteiger partial charge in [0.05, 0.1) is 16.9 Å². The standard InChI is InChI=1S/C21H28N2O5S2/c1-16-9-10-19(29(3,24)25)14-21(16)30(26,27)22-15-20(23-11-4-5-12-23)17-7-6-8-18(13-17)28-2/h6-10,13-14,20,22H,4-5,11-12,15H2,1-3H3. The number of ether oxygens (including phenoxy) is 1. The number of likely N-dealkylation sites (tertiary alicyclic amines) is 1. The summed E-state index contributed by atoms with van der Waals surface area (Å²) in [5, 5.41) is 0. The van der Waals surface area contributed by atoms with Crippen molar-refractivity contribution in [3.8, 4) is 5.75 Å². The van der Waals surface area contributed by atoms with E-state index < -0.39 is 19.9 Å². The van der Waals surface area contributed by atoms with Gasteiger partial charge in [0.15, 0.2) is 9.84 Å². The average Bonchev–Trinajstić information content (AvgIpc) is 3.22. The number of methoxy groups -OCH3 is 1. The molecule has 0 bridgehead atoms. The van der Waals surface area contributed by atoms with Gasteiger partial charge in [0.2, 0.25) is 10.0 Å². The van der Waals surface area contributed by atoms with Crippen molar-refractivity contribution in [2.24, 2.45) is 0 Å². The van der Waals surface area contributed by atoms with Gasteiger partial charge in [-0.15, -0.1) is 0 Å². The summed E-state index contributed by atoms with van der Waals surface area (Å²) in [7, 11) is -5.80. The van der Waals surface area contributed by atoms with E-state index in [2.05, 4.69) is 9.62 Å². The highest BCUT2D eigenvalue weighted by molar-refractivity contribution is 7.91. The van der Waals surface area contributed by atoms with Crippen LogP contribution in [0.4, 0.5) is 0 Å². The zero-order valence-electron chi connectivity index (χ0n) is 17.5. The third kappa shape index (κ3) is 5.21. The molecule has 30 heavy (non-hydrogen) atoms. The van der Waals surface area contributed by atoms with Crippen molar-refractivity contribution >= 4 is 19.9 Å². The van der Waals surface area contributed by atoms with Crippen LogP contribution in [0.25, 0.3) is 0 Å². The molecule has 1 heterocycles. The zero-order valence-corrected chi connectivity index (χ0v) is 19.1. The van der Waals surface area contributed by atoms with Crippen LogP contribution in [0.5, 0.6) is 5.75 Å². The molecular weight excluding hydrogens is 424 g/mol. The monoisotopic (exact) mass is 452 g/mol. The summed E-state index contributed by atoms with van der Waals surface area (Å²) in [6.45, 7) is 3.62. The molecule has 0 radical (unpaired) electrons. The van der Waals surface area contributed by atoms with Crippen LogP contribution in [0.2, 0.25) is 0 Å². The first-order valence-corrected chi connectivity index (χ1v) is 13.2. The SMILES string of the molecule is COc1cccc(C(CNS(=O)(=O)c2cc(S(C)(=O)=O)ccc2C)N2CCCC2)c1. The molecule has 2 aromatic carbocycles. The Morgan fingerprint density at radius 3 is 2.40 bits per heavy atom. The summed E-state index contributed by atoms with van der Waals surface area (Å²) in [6.07, 6.45) is 3.21. The maximum atomic E-state index is 13.1. The van der Waals surface area contributed by atoms with E-state index in [0.717, 1.165) is 43.5 Å². The number of hydrogen-bond acceptors (Lipinski definition) is 6. The molecule has 1 unspecified atom stereocenters. The molecule has 0 aromatic heterocycles. The van der Waals surface area contributed by atoms with Gasteiger partial charge in [-0.2, -0.15) is 0 Å². The number of sulfone groups is 1. The van der Waals surface area contributed by atoms with Gasteiger partial charge in [0, 0.05) is 18.8 Å². The summed E-state index contributed by atoms with van der Waals surface area (Å²) in [5.74, 6) is 0.719. The van der Waals surface area contributed by atoms with Gasteiger partial charge in [-0.3, -0.25) is 4.90 Å². The molecule has 1 saturated heterocycles. The summed E-state index contributed by atoms with van der Waals surface area (Å²) in [6, 6.07) is 11.7. The Labute approximate surface area is 179 Å². The third-order valence-electron chi connectivity index (χ3n) is 5.40. The third-order valence-corrected chi connectivity index (χ3v) is 8.08. The number of rotatable bonds is 8. The number of sulfonamides is 1. The number of hydrogen-bond donors (Lipinski definition) is 1. The second kappa shape index (κ2) is 9.05. The van der Waals surface area contributed by atoms with E-state index in [9.17, 15) is 16.8 Å². The Morgan fingerprint density at radius 2 is 1.77 bits per heavy atom. The maximum absolute atomic E-state index is 13.1. The maximum Gasteiger partial charge on any atom is 0.240 e. The van der Waals surface area contributed by atoms with Crippen LogP contribution in [0.15, 0.2) is 52.3 Å². The molecule has 1 atom stereocenters. The summed E-state index contributed by atoms with van der Waals surface area (Å²) in [4.78, 5) is 2.23. The van der Waals surface area contributed by atoms with Crippen molar-refractivity contribution < 1.29 is 21.6 Å². The van der Waals surface area contributed by atoms with Gasteiger partial charge in [-0.25, -0.2) is 21.6 Å². The van der Waals surface area contributed by atoms with Gasteiger partial charge in [-0.1, -0.05) is 18.2 Å². The minimum Gasteiger partial charge on any atom is -0.497 e. The Morgan fingerprint density at radius 1 is 1.07 bits per heavy atom. The highest BCUT2D eigenvalue weighted by Gasteiger charge is 2.27. The average molecular weight is 453 g/mol. The number of nitrogens with zero attached hydrogens (tertiary/aromatic N) is 1. The van der Waals surface area contributed by atoms with Gasteiger partial charge in [-0.05, 0) is 68.2 Å². The molecule has 0 spiro atoms. The summed E-state index contributed by atoms with van der Waals surface area (Å²) in [5.41, 5.74) is 1.47. The first kappa shape index (κ1) is 22.7. The van der Waals surface area contributed by atoms with Crippen LogP contribution < -0.4 is 9.46 Å². The van der Waals surface area contributed by atoms with Gasteiger partial charge in [0.1, 0.15) is 5.75 Å². The van der Waals surface area contributed by atoms with Crippen molar-refractivity contribution in [1.29, 1.82) is 0 Å². The van der Waals surface area contributed by atoms with E-state index in [1.165, 1.54) is 18.2 Å². The largest absolute Gasteiger partial charge is 0.497 e. The molecule has 1 fully saturated rings. The topological polar surface area (TPSA) is 92.8 Å². The van der Waals surface area contributed by atoms with Crippen molar-refractivity contribution in [2.75, 3.05) is 33.0 Å². The lowest BCUT2D eigenvalue weighted by Crippen LogP contribution is -2.37. The van der Waals surface area contributed by atoms with Crippen molar-refractivity contribution in [3.05, 3.63) is 53.6 Å². The predicted molar refractivity (Wildman–Crippen MR) is 116 cm³/mol. The Balaban J connectivity index is 1.89. The number of nitrogens with one attached hydrogen (secondary N) is 1. The second-order valence-corrected chi connectivity index (χ2v) is 11.3. The lowest BCUT2D eigenvalue weighted by molar-refractivity contribution is 0.246. The Hall–Kier alpha value is -1.94. The summed E-state index contributed by atoms with van der Waals surface area (Å²) >= 11 is 0. The van der Waals surface area contributed by atoms with Crippen molar-refractivity contribution in [3.63, 3.8) is 0 Å². The smallest absolute Gasteiger partial charge is 0.240 e. The summed E-state index contributed by atoms with van der Waals surface area (Å²) < 4.78 is 57.9. The second-order valence-electron chi connectivity index (χ2n) is 7.59. The minimum absolute atomic E-state index is 0.0163. The molecule has 9 heteroatoms. The quantitative estimate of drug-likeness (QED) is 0.662. The predicted octanol–water partition coefficient (Wildman–Crippen LogP) is 2.52. The van der Waals surface area contributed by atoms with E-state index in [0.29, 0.717) is 5.56 Å². The molecule has 1 N–H and O–H groups in total. The van der Waals surface area contributed by atoms with E-state index in [1.807, 2.05) is 24.3 Å². The highest BCUT2D eigenvalue weighted by Crippen LogP contribution is 2.28. The van der Waals surface area contributed by atoms with Gasteiger partial charge >= 0.3 is 0 Å². The zero-order chi connectivity index (χ0) is 21.9. The molecular formula is C21H28N2O5S2. The van der Waals surface area contributed by atoms with Crippen LogP contribution in [0, 0.1) is 6.92 Å². The molecule has 164 valence electrons. The van der Waals surface area contributed by atoms with E-state index >= 15 is 0 Å². The molecule has 1 aliphatic rings. The van der Waals surface area contributed by atoms with Crippen molar-refractivity contribution in [2.45, 2.75) is 35.6 Å². The van der Waals surface area contributed by atoms with Crippen LogP contribution in [-0.2, 0) is 19.9 Å². The highest BCUT2D eigenvalue weighted by atomic mass is 32.2. The van der Waals surface area contributed by atoms with Crippen LogP contribution >= 0.6 is 0 Å². The number of benzene rings is 2. The first-order valence-electron chi connectivity index (χ1n) is 9.80.